The van der Waals surface area contributed by atoms with Crippen LogP contribution >= 0.6 is 0 Å². The second-order valence-corrected chi connectivity index (χ2v) is 8.21. The fraction of sp³-hybridized carbons (Fsp3) is 0.200. The smallest absolute Gasteiger partial charge is 0.0541 e. The van der Waals surface area contributed by atoms with E-state index in [0.717, 1.165) is 28.3 Å². The van der Waals surface area contributed by atoms with Gasteiger partial charge >= 0.3 is 0 Å². The number of allylic oxidation sites excluding steroid dienone is 5. The van der Waals surface area contributed by atoms with Crippen molar-refractivity contribution >= 4 is 28.7 Å². The Morgan fingerprint density at radius 3 is 2.28 bits per heavy atom. The summed E-state index contributed by atoms with van der Waals surface area (Å²) in [5, 5.41) is 1.23. The molecule has 164 valence electrons. The van der Waals surface area contributed by atoms with Crippen LogP contribution in [0.15, 0.2) is 97.3 Å². The lowest BCUT2D eigenvalue weighted by Crippen LogP contribution is -2.15. The largest absolute Gasteiger partial charge is 0.345 e. The number of anilines is 1. The second kappa shape index (κ2) is 10.2. The lowest BCUT2D eigenvalue weighted by Gasteiger charge is -2.21. The van der Waals surface area contributed by atoms with Gasteiger partial charge in [-0.05, 0) is 62.2 Å². The van der Waals surface area contributed by atoms with E-state index in [4.69, 9.17) is 0 Å². The third kappa shape index (κ3) is 4.55. The molecule has 0 bridgehead atoms. The van der Waals surface area contributed by atoms with E-state index < -0.39 is 0 Å². The van der Waals surface area contributed by atoms with Crippen molar-refractivity contribution in [3.8, 4) is 5.69 Å². The van der Waals surface area contributed by atoms with Crippen LogP contribution < -0.4 is 4.90 Å². The topological polar surface area (TPSA) is 8.17 Å². The minimum atomic E-state index is 0.442. The summed E-state index contributed by atoms with van der Waals surface area (Å²) in [6, 6.07) is 17.2. The Morgan fingerprint density at radius 2 is 1.69 bits per heavy atom. The van der Waals surface area contributed by atoms with Gasteiger partial charge in [0.15, 0.2) is 0 Å². The van der Waals surface area contributed by atoms with Crippen LogP contribution in [-0.2, 0) is 0 Å². The summed E-state index contributed by atoms with van der Waals surface area (Å²) < 4.78 is 2.28. The van der Waals surface area contributed by atoms with E-state index in [1.54, 1.807) is 0 Å². The maximum Gasteiger partial charge on any atom is 0.0541 e. The molecule has 2 nitrogen and oxygen atoms in total. The highest BCUT2D eigenvalue weighted by Gasteiger charge is 2.14. The van der Waals surface area contributed by atoms with Gasteiger partial charge in [0.1, 0.15) is 0 Å². The molecule has 0 unspecified atom stereocenters. The van der Waals surface area contributed by atoms with Gasteiger partial charge in [-0.15, -0.1) is 0 Å². The van der Waals surface area contributed by atoms with Crippen molar-refractivity contribution in [2.45, 2.75) is 27.7 Å². The van der Waals surface area contributed by atoms with Crippen LogP contribution in [0.4, 0.5) is 5.69 Å². The first-order chi connectivity index (χ1) is 15.4. The summed E-state index contributed by atoms with van der Waals surface area (Å²) in [5.74, 6) is 0.442. The number of aromatic nitrogens is 1. The Bertz CT molecular complexity index is 1200. The molecule has 0 aliphatic heterocycles. The van der Waals surface area contributed by atoms with Crippen molar-refractivity contribution in [2.24, 2.45) is 5.92 Å². The van der Waals surface area contributed by atoms with E-state index in [2.05, 4.69) is 129 Å². The minimum Gasteiger partial charge on any atom is -0.345 e. The van der Waals surface area contributed by atoms with Crippen molar-refractivity contribution < 1.29 is 0 Å². The molecular formula is C30H34N2. The molecule has 0 N–H and O–H groups in total. The lowest BCUT2D eigenvalue weighted by molar-refractivity contribution is 0.795. The van der Waals surface area contributed by atoms with E-state index >= 15 is 0 Å². The molecule has 2 heteroatoms. The first-order valence-corrected chi connectivity index (χ1v) is 11.2. The first kappa shape index (κ1) is 23.1. The molecule has 3 aromatic rings. The third-order valence-electron chi connectivity index (χ3n) is 5.87. The molecule has 3 rings (SSSR count). The van der Waals surface area contributed by atoms with Gasteiger partial charge in [0.05, 0.1) is 11.2 Å². The van der Waals surface area contributed by atoms with Gasteiger partial charge in [-0.2, -0.15) is 0 Å². The molecule has 0 amide bonds. The zero-order valence-electron chi connectivity index (χ0n) is 20.0. The summed E-state index contributed by atoms with van der Waals surface area (Å²) in [6.07, 6.45) is 12.5. The average Bonchev–Trinajstić information content (AvgIpc) is 3.12. The predicted octanol–water partition coefficient (Wildman–Crippen LogP) is 8.42. The number of para-hydroxylation sites is 1. The van der Waals surface area contributed by atoms with Gasteiger partial charge in [0, 0.05) is 35.1 Å². The molecule has 1 aromatic heterocycles. The minimum absolute atomic E-state index is 0.442. The molecule has 0 aliphatic carbocycles. The molecule has 0 saturated carbocycles. The van der Waals surface area contributed by atoms with Gasteiger partial charge in [0.25, 0.3) is 0 Å². The fourth-order valence-electron chi connectivity index (χ4n) is 3.87. The summed E-state index contributed by atoms with van der Waals surface area (Å²) >= 11 is 0. The number of benzene rings is 2. The number of nitrogens with zero attached hydrogens (tertiary/aromatic N) is 2. The number of hydrogen-bond acceptors (Lipinski definition) is 1. The van der Waals surface area contributed by atoms with Crippen molar-refractivity contribution in [2.75, 3.05) is 11.9 Å². The third-order valence-corrected chi connectivity index (χ3v) is 5.87. The van der Waals surface area contributed by atoms with Gasteiger partial charge < -0.3 is 9.47 Å². The van der Waals surface area contributed by atoms with E-state index in [-0.39, 0.29) is 0 Å². The standard InChI is InChI=1S/C30H34N2/c1-8-13-27-28-14-11-12-15-30(28)32(29(27)10-3)26-20-18-25(19-21-26)31(7)24(9-2)17-16-23(6)22(4)5/h8-22H,3,6H2,1-2,4-5,7H3/b13-8-,17-16-,24-9+. The zero-order valence-corrected chi connectivity index (χ0v) is 20.0. The summed E-state index contributed by atoms with van der Waals surface area (Å²) in [4.78, 5) is 2.20. The average molecular weight is 423 g/mol. The Labute approximate surface area is 193 Å². The second-order valence-electron chi connectivity index (χ2n) is 8.21. The summed E-state index contributed by atoms with van der Waals surface area (Å²) in [5.41, 5.74) is 8.00. The number of fused-ring (bicyclic) bond motifs is 1. The highest BCUT2D eigenvalue weighted by Crippen LogP contribution is 2.32. The van der Waals surface area contributed by atoms with E-state index in [9.17, 15) is 0 Å². The quantitative estimate of drug-likeness (QED) is 0.331. The summed E-state index contributed by atoms with van der Waals surface area (Å²) in [6.45, 7) is 16.7. The molecule has 32 heavy (non-hydrogen) atoms. The van der Waals surface area contributed by atoms with Crippen LogP contribution in [0.3, 0.4) is 0 Å². The molecule has 0 atom stereocenters. The molecular weight excluding hydrogens is 388 g/mol. The van der Waals surface area contributed by atoms with Crippen molar-refractivity contribution in [3.05, 3.63) is 109 Å². The molecule has 0 aliphatic rings. The van der Waals surface area contributed by atoms with Gasteiger partial charge in [-0.3, -0.25) is 0 Å². The number of rotatable bonds is 8. The maximum absolute atomic E-state index is 4.15. The molecule has 2 aromatic carbocycles. The van der Waals surface area contributed by atoms with Crippen molar-refractivity contribution in [1.29, 1.82) is 0 Å². The van der Waals surface area contributed by atoms with Crippen molar-refractivity contribution in [3.63, 3.8) is 0 Å². The lowest BCUT2D eigenvalue weighted by atomic mass is 10.0. The van der Waals surface area contributed by atoms with E-state index in [1.807, 2.05) is 13.0 Å². The van der Waals surface area contributed by atoms with Crippen LogP contribution in [0.25, 0.3) is 28.7 Å². The van der Waals surface area contributed by atoms with Crippen LogP contribution in [0.2, 0.25) is 0 Å². The van der Waals surface area contributed by atoms with Gasteiger partial charge in [-0.25, -0.2) is 0 Å². The zero-order chi connectivity index (χ0) is 23.3. The Morgan fingerprint density at radius 1 is 1.00 bits per heavy atom. The van der Waals surface area contributed by atoms with Gasteiger partial charge in [0.2, 0.25) is 0 Å². The Kier molecular flexibility index (Phi) is 7.37. The summed E-state index contributed by atoms with van der Waals surface area (Å²) in [7, 11) is 2.09. The highest BCUT2D eigenvalue weighted by atomic mass is 15.1. The van der Waals surface area contributed by atoms with E-state index in [0.29, 0.717) is 5.92 Å². The fourth-order valence-corrected chi connectivity index (χ4v) is 3.87. The Hall–Kier alpha value is -3.52. The van der Waals surface area contributed by atoms with Crippen LogP contribution in [-0.4, -0.2) is 11.6 Å². The van der Waals surface area contributed by atoms with Crippen molar-refractivity contribution in [1.82, 2.24) is 4.57 Å². The van der Waals surface area contributed by atoms with Gasteiger partial charge in [-0.1, -0.05) is 75.1 Å². The molecule has 0 radical (unpaired) electrons. The van der Waals surface area contributed by atoms with Crippen LogP contribution in [0.5, 0.6) is 0 Å². The van der Waals surface area contributed by atoms with Crippen LogP contribution in [0.1, 0.15) is 39.0 Å². The Balaban J connectivity index is 2.00. The SMILES string of the molecule is C=Cc1c(/C=C\C)c2ccccc2n1-c1ccc(N(C)C(/C=C\C(=C)C(C)C)=C/C)cc1. The predicted molar refractivity (Wildman–Crippen MR) is 143 cm³/mol. The maximum atomic E-state index is 4.15. The molecule has 1 heterocycles. The highest BCUT2D eigenvalue weighted by molar-refractivity contribution is 5.95. The monoisotopic (exact) mass is 422 g/mol. The first-order valence-electron chi connectivity index (χ1n) is 11.2. The molecule has 0 saturated heterocycles. The normalized spacial score (nSPS) is 12.4. The van der Waals surface area contributed by atoms with Crippen LogP contribution in [0, 0.1) is 5.92 Å². The molecule has 0 spiro atoms. The number of hydrogen-bond donors (Lipinski definition) is 0. The molecule has 0 fully saturated rings. The van der Waals surface area contributed by atoms with E-state index in [1.165, 1.54) is 16.5 Å². The number of likely N-dealkylation sites (N-methyl/N-ethyl adjacent to an activating group) is 1.